The maximum atomic E-state index is 11.7. The van der Waals surface area contributed by atoms with E-state index in [0.29, 0.717) is 12.5 Å². The van der Waals surface area contributed by atoms with Crippen LogP contribution >= 0.6 is 0 Å². The quantitative estimate of drug-likeness (QED) is 0.474. The lowest BCUT2D eigenvalue weighted by Gasteiger charge is -2.20. The highest BCUT2D eigenvalue weighted by molar-refractivity contribution is 5.84. The van der Waals surface area contributed by atoms with Gasteiger partial charge >= 0.3 is 5.97 Å². The number of hydrogen-bond donors (Lipinski definition) is 2. The molecule has 128 valence electrons. The second-order valence-corrected chi connectivity index (χ2v) is 6.04. The summed E-state index contributed by atoms with van der Waals surface area (Å²) in [7, 11) is 3.31. The zero-order valence-corrected chi connectivity index (χ0v) is 14.6. The van der Waals surface area contributed by atoms with Crippen molar-refractivity contribution < 1.29 is 14.3 Å². The Morgan fingerprint density at radius 1 is 1.17 bits per heavy atom. The predicted octanol–water partition coefficient (Wildman–Crippen LogP) is 1.74. The fraction of sp³-hybridized carbons (Fsp3) is 0.529. The van der Waals surface area contributed by atoms with Gasteiger partial charge in [-0.05, 0) is 44.9 Å². The van der Waals surface area contributed by atoms with Crippen LogP contribution in [0.15, 0.2) is 29.3 Å². The molecule has 2 N–H and O–H groups in total. The number of nitrogens with one attached hydrogen (secondary N) is 2. The van der Waals surface area contributed by atoms with E-state index in [1.165, 1.54) is 5.56 Å². The van der Waals surface area contributed by atoms with Gasteiger partial charge in [0.2, 0.25) is 0 Å². The topological polar surface area (TPSA) is 72.0 Å². The minimum absolute atomic E-state index is 0.0828. The molecule has 0 bridgehead atoms. The fourth-order valence-corrected chi connectivity index (χ4v) is 1.87. The maximum absolute atomic E-state index is 11.7. The number of hydrogen-bond acceptors (Lipinski definition) is 4. The molecule has 0 aliphatic rings. The summed E-state index contributed by atoms with van der Waals surface area (Å²) in [6.07, 6.45) is 0.844. The van der Waals surface area contributed by atoms with Gasteiger partial charge < -0.3 is 20.1 Å². The number of guanidine groups is 1. The predicted molar refractivity (Wildman–Crippen MR) is 91.9 cm³/mol. The van der Waals surface area contributed by atoms with Crippen LogP contribution in [0, 0.1) is 0 Å². The van der Waals surface area contributed by atoms with E-state index < -0.39 is 5.60 Å². The molecule has 0 amide bonds. The number of ether oxygens (including phenoxy) is 2. The minimum atomic E-state index is -0.482. The largest absolute Gasteiger partial charge is 0.497 e. The van der Waals surface area contributed by atoms with E-state index in [1.54, 1.807) is 14.2 Å². The Kier molecular flexibility index (Phi) is 7.38. The third-order valence-corrected chi connectivity index (χ3v) is 2.91. The molecule has 1 aromatic carbocycles. The summed E-state index contributed by atoms with van der Waals surface area (Å²) in [5.41, 5.74) is 0.713. The molecule has 0 atom stereocenters. The van der Waals surface area contributed by atoms with E-state index in [0.717, 1.165) is 12.2 Å². The summed E-state index contributed by atoms with van der Waals surface area (Å²) in [6.45, 7) is 6.31. The minimum Gasteiger partial charge on any atom is -0.497 e. The van der Waals surface area contributed by atoms with E-state index in [2.05, 4.69) is 15.6 Å². The van der Waals surface area contributed by atoms with Crippen LogP contribution in [0.3, 0.4) is 0 Å². The van der Waals surface area contributed by atoms with Gasteiger partial charge in [0.25, 0.3) is 0 Å². The molecule has 23 heavy (non-hydrogen) atoms. The molecular weight excluding hydrogens is 294 g/mol. The first-order valence-corrected chi connectivity index (χ1v) is 7.63. The number of esters is 1. The van der Waals surface area contributed by atoms with Gasteiger partial charge in [0.05, 0.1) is 7.11 Å². The highest BCUT2D eigenvalue weighted by Crippen LogP contribution is 2.11. The molecule has 0 saturated carbocycles. The summed E-state index contributed by atoms with van der Waals surface area (Å²) in [5, 5.41) is 6.11. The first-order valence-electron chi connectivity index (χ1n) is 7.63. The number of aliphatic imine (C=N–C) groups is 1. The Labute approximate surface area is 138 Å². The third-order valence-electron chi connectivity index (χ3n) is 2.91. The van der Waals surface area contributed by atoms with Gasteiger partial charge in [-0.1, -0.05) is 12.1 Å². The van der Waals surface area contributed by atoms with Crippen LogP contribution in [-0.2, 0) is 16.0 Å². The number of carbonyl (C=O) groups excluding carboxylic acids is 1. The number of benzene rings is 1. The van der Waals surface area contributed by atoms with E-state index in [-0.39, 0.29) is 12.5 Å². The van der Waals surface area contributed by atoms with Gasteiger partial charge in [0.15, 0.2) is 5.96 Å². The maximum Gasteiger partial charge on any atom is 0.325 e. The normalized spacial score (nSPS) is 11.8. The highest BCUT2D eigenvalue weighted by Gasteiger charge is 2.16. The van der Waals surface area contributed by atoms with Crippen molar-refractivity contribution in [2.45, 2.75) is 32.8 Å². The molecule has 0 aliphatic carbocycles. The zero-order chi connectivity index (χ0) is 17.3. The first kappa shape index (κ1) is 18.8. The summed E-state index contributed by atoms with van der Waals surface area (Å²) < 4.78 is 10.4. The smallest absolute Gasteiger partial charge is 0.325 e. The van der Waals surface area contributed by atoms with Crippen LogP contribution in [0.5, 0.6) is 5.75 Å². The molecule has 1 rings (SSSR count). The Morgan fingerprint density at radius 3 is 2.35 bits per heavy atom. The van der Waals surface area contributed by atoms with Crippen LogP contribution in [0.1, 0.15) is 26.3 Å². The first-order chi connectivity index (χ1) is 10.8. The lowest BCUT2D eigenvalue weighted by molar-refractivity contribution is -0.153. The van der Waals surface area contributed by atoms with Crippen molar-refractivity contribution in [3.8, 4) is 5.75 Å². The molecule has 0 heterocycles. The lowest BCUT2D eigenvalue weighted by Crippen LogP contribution is -2.42. The Hall–Kier alpha value is -2.24. The second-order valence-electron chi connectivity index (χ2n) is 6.04. The van der Waals surface area contributed by atoms with Gasteiger partial charge in [0.1, 0.15) is 17.9 Å². The number of methoxy groups -OCH3 is 1. The van der Waals surface area contributed by atoms with Crippen molar-refractivity contribution in [1.29, 1.82) is 0 Å². The van der Waals surface area contributed by atoms with Crippen LogP contribution in [0.25, 0.3) is 0 Å². The van der Waals surface area contributed by atoms with Crippen LogP contribution in [0.4, 0.5) is 0 Å². The Morgan fingerprint density at radius 2 is 1.83 bits per heavy atom. The van der Waals surface area contributed by atoms with Crippen molar-refractivity contribution in [2.24, 2.45) is 4.99 Å². The molecule has 0 spiro atoms. The zero-order valence-electron chi connectivity index (χ0n) is 14.6. The summed E-state index contributed by atoms with van der Waals surface area (Å²) in [4.78, 5) is 15.7. The van der Waals surface area contributed by atoms with Gasteiger partial charge in [-0.25, -0.2) is 0 Å². The third kappa shape index (κ3) is 8.09. The van der Waals surface area contributed by atoms with Crippen LogP contribution < -0.4 is 15.4 Å². The molecular formula is C17H27N3O3. The van der Waals surface area contributed by atoms with Crippen LogP contribution in [-0.4, -0.2) is 44.8 Å². The van der Waals surface area contributed by atoms with Crippen molar-refractivity contribution in [1.82, 2.24) is 10.6 Å². The summed E-state index contributed by atoms with van der Waals surface area (Å²) in [5.74, 6) is 1.11. The van der Waals surface area contributed by atoms with Crippen molar-refractivity contribution >= 4 is 11.9 Å². The average molecular weight is 321 g/mol. The van der Waals surface area contributed by atoms with Crippen molar-refractivity contribution in [3.63, 3.8) is 0 Å². The van der Waals surface area contributed by atoms with Crippen molar-refractivity contribution in [2.75, 3.05) is 27.2 Å². The molecule has 0 aromatic heterocycles. The fourth-order valence-electron chi connectivity index (χ4n) is 1.87. The summed E-state index contributed by atoms with van der Waals surface area (Å²) >= 11 is 0. The Balaban J connectivity index is 2.32. The van der Waals surface area contributed by atoms with Crippen molar-refractivity contribution in [3.05, 3.63) is 29.8 Å². The van der Waals surface area contributed by atoms with Gasteiger partial charge in [-0.3, -0.25) is 9.79 Å². The molecule has 0 aliphatic heterocycles. The molecule has 0 saturated heterocycles. The van der Waals surface area contributed by atoms with E-state index in [1.807, 2.05) is 45.0 Å². The average Bonchev–Trinajstić information content (AvgIpc) is 2.49. The molecule has 0 fully saturated rings. The number of carbonyl (C=O) groups is 1. The SMILES string of the molecule is CN=C(NCCc1ccc(OC)cc1)NCC(=O)OC(C)(C)C. The molecule has 6 heteroatoms. The van der Waals surface area contributed by atoms with E-state index in [4.69, 9.17) is 9.47 Å². The summed E-state index contributed by atoms with van der Waals surface area (Å²) in [6, 6.07) is 7.92. The number of rotatable bonds is 6. The Bertz CT molecular complexity index is 519. The molecule has 6 nitrogen and oxygen atoms in total. The van der Waals surface area contributed by atoms with E-state index >= 15 is 0 Å². The van der Waals surface area contributed by atoms with Gasteiger partial charge in [-0.15, -0.1) is 0 Å². The molecule has 0 radical (unpaired) electrons. The van der Waals surface area contributed by atoms with E-state index in [9.17, 15) is 4.79 Å². The van der Waals surface area contributed by atoms with Gasteiger partial charge in [0, 0.05) is 13.6 Å². The standard InChI is InChI=1S/C17H27N3O3/c1-17(2,3)23-15(21)12-20-16(18-4)19-11-10-13-6-8-14(22-5)9-7-13/h6-9H,10-12H2,1-5H3,(H2,18,19,20). The number of nitrogens with zero attached hydrogens (tertiary/aromatic N) is 1. The molecule has 0 unspecified atom stereocenters. The molecule has 1 aromatic rings. The lowest BCUT2D eigenvalue weighted by atomic mass is 10.1. The monoisotopic (exact) mass is 321 g/mol. The van der Waals surface area contributed by atoms with Crippen LogP contribution in [0.2, 0.25) is 0 Å². The second kappa shape index (κ2) is 9.02. The highest BCUT2D eigenvalue weighted by atomic mass is 16.6. The van der Waals surface area contributed by atoms with Gasteiger partial charge in [-0.2, -0.15) is 0 Å².